The van der Waals surface area contributed by atoms with Gasteiger partial charge in [-0.2, -0.15) is 0 Å². The van der Waals surface area contributed by atoms with E-state index in [0.29, 0.717) is 33.8 Å². The Morgan fingerprint density at radius 1 is 1.11 bits per heavy atom. The molecule has 0 bridgehead atoms. The maximum atomic E-state index is 12.8. The molecule has 0 saturated heterocycles. The fraction of sp³-hybridized carbons (Fsp3) is 0.250. The summed E-state index contributed by atoms with van der Waals surface area (Å²) >= 11 is 7.31. The van der Waals surface area contributed by atoms with Crippen LogP contribution in [-0.2, 0) is 6.54 Å². The molecule has 0 saturated carbocycles. The van der Waals surface area contributed by atoms with Crippen molar-refractivity contribution in [1.29, 1.82) is 0 Å². The van der Waals surface area contributed by atoms with E-state index in [-0.39, 0.29) is 11.5 Å². The lowest BCUT2D eigenvalue weighted by Gasteiger charge is -2.10. The number of benzene rings is 2. The van der Waals surface area contributed by atoms with Gasteiger partial charge in [-0.1, -0.05) is 23.4 Å². The molecule has 0 atom stereocenters. The quantitative estimate of drug-likeness (QED) is 0.394. The number of ketones is 1. The predicted octanol–water partition coefficient (Wildman–Crippen LogP) is 4.61. The Hall–Kier alpha value is -2.51. The van der Waals surface area contributed by atoms with Gasteiger partial charge in [0, 0.05) is 17.1 Å². The second-order valence-corrected chi connectivity index (χ2v) is 7.21. The van der Waals surface area contributed by atoms with Crippen molar-refractivity contribution in [3.8, 4) is 22.9 Å². The van der Waals surface area contributed by atoms with Crippen molar-refractivity contribution in [3.05, 3.63) is 53.1 Å². The Morgan fingerprint density at radius 2 is 1.86 bits per heavy atom. The van der Waals surface area contributed by atoms with E-state index in [1.807, 2.05) is 35.8 Å². The summed E-state index contributed by atoms with van der Waals surface area (Å²) in [5.41, 5.74) is 1.40. The monoisotopic (exact) mass is 417 g/mol. The summed E-state index contributed by atoms with van der Waals surface area (Å²) < 4.78 is 12.5. The van der Waals surface area contributed by atoms with Crippen molar-refractivity contribution in [3.63, 3.8) is 0 Å². The highest BCUT2D eigenvalue weighted by atomic mass is 35.5. The molecule has 0 fully saturated rings. The van der Waals surface area contributed by atoms with Crippen molar-refractivity contribution in [2.75, 3.05) is 20.0 Å². The highest BCUT2D eigenvalue weighted by molar-refractivity contribution is 7.99. The third kappa shape index (κ3) is 4.31. The van der Waals surface area contributed by atoms with Crippen LogP contribution in [0.1, 0.15) is 17.3 Å². The Morgan fingerprint density at radius 3 is 2.50 bits per heavy atom. The molecule has 0 N–H and O–H groups in total. The molecule has 146 valence electrons. The molecular weight excluding hydrogens is 398 g/mol. The summed E-state index contributed by atoms with van der Waals surface area (Å²) in [6.45, 7) is 2.70. The van der Waals surface area contributed by atoms with Crippen LogP contribution in [0.2, 0.25) is 5.02 Å². The van der Waals surface area contributed by atoms with Gasteiger partial charge in [0.1, 0.15) is 11.5 Å². The molecule has 1 aromatic heterocycles. The predicted molar refractivity (Wildman–Crippen MR) is 111 cm³/mol. The standard InChI is InChI=1S/C20H20ClN3O3S/c1-4-24-19(13-5-7-14(21)8-6-13)22-23-20(24)28-12-17(25)16-11-15(26-2)9-10-18(16)27-3/h5-11H,4,12H2,1-3H3. The van der Waals surface area contributed by atoms with Crippen LogP contribution in [0.15, 0.2) is 47.6 Å². The molecule has 0 radical (unpaired) electrons. The van der Waals surface area contributed by atoms with Crippen LogP contribution < -0.4 is 9.47 Å². The number of aromatic nitrogens is 3. The normalized spacial score (nSPS) is 10.7. The van der Waals surface area contributed by atoms with E-state index in [2.05, 4.69) is 10.2 Å². The van der Waals surface area contributed by atoms with Crippen molar-refractivity contribution >= 4 is 29.1 Å². The molecule has 0 aliphatic carbocycles. The van der Waals surface area contributed by atoms with Gasteiger partial charge in [-0.25, -0.2) is 0 Å². The van der Waals surface area contributed by atoms with Gasteiger partial charge in [0.2, 0.25) is 0 Å². The van der Waals surface area contributed by atoms with E-state index in [9.17, 15) is 4.79 Å². The summed E-state index contributed by atoms with van der Waals surface area (Å²) in [7, 11) is 3.10. The summed E-state index contributed by atoms with van der Waals surface area (Å²) in [6, 6.07) is 12.6. The molecule has 0 amide bonds. The number of halogens is 1. The molecule has 2 aromatic carbocycles. The highest BCUT2D eigenvalue weighted by Gasteiger charge is 2.18. The molecule has 0 aliphatic rings. The Kier molecular flexibility index (Phi) is 6.59. The zero-order valence-electron chi connectivity index (χ0n) is 15.8. The average Bonchev–Trinajstić information content (AvgIpc) is 3.14. The molecule has 0 unspecified atom stereocenters. The minimum Gasteiger partial charge on any atom is -0.497 e. The molecule has 0 aliphatic heterocycles. The summed E-state index contributed by atoms with van der Waals surface area (Å²) in [5.74, 6) is 2.01. The van der Waals surface area contributed by atoms with Crippen molar-refractivity contribution in [1.82, 2.24) is 14.8 Å². The number of methoxy groups -OCH3 is 2. The smallest absolute Gasteiger partial charge is 0.191 e. The zero-order chi connectivity index (χ0) is 20.1. The fourth-order valence-electron chi connectivity index (χ4n) is 2.73. The number of carbonyl (C=O) groups is 1. The fourth-order valence-corrected chi connectivity index (χ4v) is 3.74. The van der Waals surface area contributed by atoms with Crippen LogP contribution in [0.3, 0.4) is 0 Å². The minimum absolute atomic E-state index is 0.0700. The summed E-state index contributed by atoms with van der Waals surface area (Å²) in [5, 5.41) is 9.90. The maximum absolute atomic E-state index is 12.8. The van der Waals surface area contributed by atoms with Gasteiger partial charge in [-0.15, -0.1) is 10.2 Å². The van der Waals surface area contributed by atoms with Gasteiger partial charge in [-0.3, -0.25) is 4.79 Å². The maximum Gasteiger partial charge on any atom is 0.191 e. The van der Waals surface area contributed by atoms with Gasteiger partial charge in [-0.05, 0) is 49.4 Å². The molecule has 1 heterocycles. The Balaban J connectivity index is 1.80. The second kappa shape index (κ2) is 9.12. The van der Waals surface area contributed by atoms with Gasteiger partial charge < -0.3 is 14.0 Å². The number of carbonyl (C=O) groups excluding carboxylic acids is 1. The highest BCUT2D eigenvalue weighted by Crippen LogP contribution is 2.28. The topological polar surface area (TPSA) is 66.2 Å². The van der Waals surface area contributed by atoms with Gasteiger partial charge >= 0.3 is 0 Å². The van der Waals surface area contributed by atoms with E-state index >= 15 is 0 Å². The van der Waals surface area contributed by atoms with Crippen LogP contribution in [0.5, 0.6) is 11.5 Å². The van der Waals surface area contributed by atoms with Crippen LogP contribution in [0, 0.1) is 0 Å². The molecule has 3 aromatic rings. The van der Waals surface area contributed by atoms with Crippen LogP contribution >= 0.6 is 23.4 Å². The van der Waals surface area contributed by atoms with E-state index < -0.39 is 0 Å². The van der Waals surface area contributed by atoms with Crippen LogP contribution in [0.4, 0.5) is 0 Å². The lowest BCUT2D eigenvalue weighted by Crippen LogP contribution is -2.07. The van der Waals surface area contributed by atoms with Gasteiger partial charge in [0.05, 0.1) is 25.5 Å². The minimum atomic E-state index is -0.0700. The van der Waals surface area contributed by atoms with Crippen LogP contribution in [-0.4, -0.2) is 40.5 Å². The van der Waals surface area contributed by atoms with Crippen molar-refractivity contribution in [2.45, 2.75) is 18.6 Å². The number of Topliss-reactive ketones (excluding diaryl/α,β-unsaturated/α-hetero) is 1. The lowest BCUT2D eigenvalue weighted by atomic mass is 10.1. The van der Waals surface area contributed by atoms with Gasteiger partial charge in [0.15, 0.2) is 16.8 Å². The number of ether oxygens (including phenoxy) is 2. The number of thioether (sulfide) groups is 1. The molecule has 6 nitrogen and oxygen atoms in total. The lowest BCUT2D eigenvalue weighted by molar-refractivity contribution is 0.101. The SMILES string of the molecule is CCn1c(SCC(=O)c2cc(OC)ccc2OC)nnc1-c1ccc(Cl)cc1. The molecular formula is C20H20ClN3O3S. The van der Waals surface area contributed by atoms with Crippen molar-refractivity contribution in [2.24, 2.45) is 0 Å². The Bertz CT molecular complexity index is 973. The number of nitrogens with zero attached hydrogens (tertiary/aromatic N) is 3. The third-order valence-electron chi connectivity index (χ3n) is 4.17. The first-order chi connectivity index (χ1) is 13.6. The second-order valence-electron chi connectivity index (χ2n) is 5.84. The molecule has 0 spiro atoms. The van der Waals surface area contributed by atoms with E-state index in [1.165, 1.54) is 18.9 Å². The first-order valence-electron chi connectivity index (χ1n) is 8.64. The third-order valence-corrected chi connectivity index (χ3v) is 5.39. The molecule has 3 rings (SSSR count). The van der Waals surface area contributed by atoms with E-state index in [1.54, 1.807) is 25.3 Å². The number of hydrogen-bond donors (Lipinski definition) is 0. The summed E-state index contributed by atoms with van der Waals surface area (Å²) in [4.78, 5) is 12.8. The van der Waals surface area contributed by atoms with Crippen LogP contribution in [0.25, 0.3) is 11.4 Å². The first kappa shape index (κ1) is 20.2. The van der Waals surface area contributed by atoms with E-state index in [4.69, 9.17) is 21.1 Å². The summed E-state index contributed by atoms with van der Waals surface area (Å²) in [6.07, 6.45) is 0. The van der Waals surface area contributed by atoms with Gasteiger partial charge in [0.25, 0.3) is 0 Å². The Labute approximate surface area is 172 Å². The number of hydrogen-bond acceptors (Lipinski definition) is 6. The first-order valence-corrected chi connectivity index (χ1v) is 10.0. The average molecular weight is 418 g/mol. The zero-order valence-corrected chi connectivity index (χ0v) is 17.4. The molecule has 8 heteroatoms. The number of rotatable bonds is 8. The molecule has 28 heavy (non-hydrogen) atoms. The van der Waals surface area contributed by atoms with Crippen molar-refractivity contribution < 1.29 is 14.3 Å². The largest absolute Gasteiger partial charge is 0.497 e. The van der Waals surface area contributed by atoms with E-state index in [0.717, 1.165) is 11.4 Å².